The van der Waals surface area contributed by atoms with Gasteiger partial charge in [-0.15, -0.1) is 0 Å². The van der Waals surface area contributed by atoms with Crippen LogP contribution in [0.25, 0.3) is 0 Å². The molecule has 0 amide bonds. The lowest BCUT2D eigenvalue weighted by Crippen LogP contribution is -2.16. The smallest absolute Gasteiger partial charge is 0.263 e. The van der Waals surface area contributed by atoms with Gasteiger partial charge in [0.2, 0.25) is 15.0 Å². The predicted molar refractivity (Wildman–Crippen MR) is 83.7 cm³/mol. The van der Waals surface area contributed by atoms with E-state index >= 15 is 0 Å². The SMILES string of the molecule is COc1cnc(S(C)(=O)=O)nc1NS(=O)(=O)c1ccc(C)cc1. The first-order chi connectivity index (χ1) is 10.6. The number of hydrogen-bond acceptors (Lipinski definition) is 7. The molecule has 1 heterocycles. The third-order valence-corrected chi connectivity index (χ3v) is 5.06. The first-order valence-corrected chi connectivity index (χ1v) is 9.71. The number of hydrogen-bond donors (Lipinski definition) is 1. The van der Waals surface area contributed by atoms with Crippen molar-refractivity contribution in [3.8, 4) is 5.75 Å². The largest absolute Gasteiger partial charge is 0.491 e. The molecule has 8 nitrogen and oxygen atoms in total. The summed E-state index contributed by atoms with van der Waals surface area (Å²) in [7, 11) is -6.33. The summed E-state index contributed by atoms with van der Waals surface area (Å²) in [5.74, 6) is -0.239. The number of nitrogens with one attached hydrogen (secondary N) is 1. The van der Waals surface area contributed by atoms with E-state index in [1.807, 2.05) is 6.92 Å². The molecule has 1 N–H and O–H groups in total. The number of aryl methyl sites for hydroxylation is 1. The van der Waals surface area contributed by atoms with Crippen molar-refractivity contribution >= 4 is 25.7 Å². The molecule has 0 fully saturated rings. The monoisotopic (exact) mass is 357 g/mol. The van der Waals surface area contributed by atoms with Gasteiger partial charge in [-0.05, 0) is 19.1 Å². The van der Waals surface area contributed by atoms with E-state index in [0.717, 1.165) is 18.0 Å². The van der Waals surface area contributed by atoms with Crippen molar-refractivity contribution in [1.29, 1.82) is 0 Å². The van der Waals surface area contributed by atoms with Gasteiger partial charge in [-0.2, -0.15) is 4.98 Å². The lowest BCUT2D eigenvalue weighted by molar-refractivity contribution is 0.411. The number of benzene rings is 1. The highest BCUT2D eigenvalue weighted by atomic mass is 32.2. The number of ether oxygens (including phenoxy) is 1. The van der Waals surface area contributed by atoms with Crippen molar-refractivity contribution in [2.24, 2.45) is 0 Å². The van der Waals surface area contributed by atoms with Crippen LogP contribution in [0.4, 0.5) is 5.82 Å². The van der Waals surface area contributed by atoms with Crippen LogP contribution in [0.2, 0.25) is 0 Å². The maximum Gasteiger partial charge on any atom is 0.263 e. The van der Waals surface area contributed by atoms with Gasteiger partial charge in [-0.1, -0.05) is 17.7 Å². The van der Waals surface area contributed by atoms with Crippen LogP contribution in [0, 0.1) is 6.92 Å². The topological polar surface area (TPSA) is 115 Å². The molecular formula is C13H15N3O5S2. The Bertz CT molecular complexity index is 923. The minimum absolute atomic E-state index is 0.00749. The molecule has 124 valence electrons. The normalized spacial score (nSPS) is 12.0. The van der Waals surface area contributed by atoms with Crippen LogP contribution in [0.5, 0.6) is 5.75 Å². The molecule has 0 aliphatic rings. The number of sulfone groups is 1. The molecule has 0 spiro atoms. The molecule has 2 aromatic rings. The van der Waals surface area contributed by atoms with Crippen molar-refractivity contribution < 1.29 is 21.6 Å². The Morgan fingerprint density at radius 1 is 1.09 bits per heavy atom. The fourth-order valence-corrected chi connectivity index (χ4v) is 3.17. The van der Waals surface area contributed by atoms with Crippen LogP contribution >= 0.6 is 0 Å². The summed E-state index contributed by atoms with van der Waals surface area (Å²) in [6, 6.07) is 6.16. The predicted octanol–water partition coefficient (Wildman–Crippen LogP) is 0.998. The minimum atomic E-state index is -3.94. The van der Waals surface area contributed by atoms with Gasteiger partial charge in [0.1, 0.15) is 0 Å². The van der Waals surface area contributed by atoms with Crippen LogP contribution in [0.3, 0.4) is 0 Å². The molecule has 0 aliphatic heterocycles. The molecule has 0 atom stereocenters. The molecule has 0 saturated heterocycles. The molecule has 10 heteroatoms. The van der Waals surface area contributed by atoms with E-state index in [1.165, 1.54) is 19.2 Å². The van der Waals surface area contributed by atoms with Gasteiger partial charge in [0.05, 0.1) is 18.2 Å². The Labute approximate surface area is 134 Å². The van der Waals surface area contributed by atoms with Gasteiger partial charge in [0.25, 0.3) is 10.0 Å². The second-order valence-electron chi connectivity index (χ2n) is 4.76. The van der Waals surface area contributed by atoms with E-state index in [2.05, 4.69) is 14.7 Å². The van der Waals surface area contributed by atoms with Crippen LogP contribution in [0.15, 0.2) is 40.5 Å². The van der Waals surface area contributed by atoms with Gasteiger partial charge >= 0.3 is 0 Å². The molecule has 1 aromatic carbocycles. The first kappa shape index (κ1) is 17.2. The van der Waals surface area contributed by atoms with Crippen LogP contribution in [0.1, 0.15) is 5.56 Å². The second-order valence-corrected chi connectivity index (χ2v) is 8.35. The van der Waals surface area contributed by atoms with Crippen molar-refractivity contribution in [2.75, 3.05) is 18.1 Å². The Kier molecular flexibility index (Phi) is 4.57. The number of anilines is 1. The van der Waals surface area contributed by atoms with E-state index in [9.17, 15) is 16.8 Å². The first-order valence-electron chi connectivity index (χ1n) is 6.34. The standard InChI is InChI=1S/C13H15N3O5S2/c1-9-4-6-10(7-5-9)23(19,20)16-12-11(21-2)8-14-13(15-12)22(3,17)18/h4-8H,1-3H3,(H,14,15,16). The molecule has 0 saturated carbocycles. The van der Waals surface area contributed by atoms with Gasteiger partial charge in [0, 0.05) is 6.26 Å². The van der Waals surface area contributed by atoms with Gasteiger partial charge in [-0.3, -0.25) is 4.72 Å². The molecule has 2 rings (SSSR count). The average Bonchev–Trinajstić information content (AvgIpc) is 2.46. The van der Waals surface area contributed by atoms with Crippen LogP contribution in [-0.4, -0.2) is 40.2 Å². The Morgan fingerprint density at radius 3 is 2.22 bits per heavy atom. The van der Waals surface area contributed by atoms with E-state index in [1.54, 1.807) is 12.1 Å². The van der Waals surface area contributed by atoms with Crippen LogP contribution in [-0.2, 0) is 19.9 Å². The third-order valence-electron chi connectivity index (χ3n) is 2.85. The molecule has 1 aromatic heterocycles. The number of sulfonamides is 1. The number of methoxy groups -OCH3 is 1. The Balaban J connectivity index is 2.47. The van der Waals surface area contributed by atoms with Gasteiger partial charge in [-0.25, -0.2) is 21.8 Å². The van der Waals surface area contributed by atoms with Crippen molar-refractivity contribution in [2.45, 2.75) is 17.0 Å². The highest BCUT2D eigenvalue weighted by Crippen LogP contribution is 2.24. The summed E-state index contributed by atoms with van der Waals surface area (Å²) in [5.41, 5.74) is 0.905. The number of aromatic nitrogens is 2. The lowest BCUT2D eigenvalue weighted by atomic mass is 10.2. The van der Waals surface area contributed by atoms with Gasteiger partial charge in [0.15, 0.2) is 11.6 Å². The van der Waals surface area contributed by atoms with E-state index in [4.69, 9.17) is 4.74 Å². The highest BCUT2D eigenvalue weighted by Gasteiger charge is 2.21. The van der Waals surface area contributed by atoms with Crippen molar-refractivity contribution in [3.05, 3.63) is 36.0 Å². The summed E-state index contributed by atoms with van der Waals surface area (Å²) in [4.78, 5) is 7.38. The molecule has 0 aliphatic carbocycles. The zero-order chi connectivity index (χ0) is 17.3. The average molecular weight is 357 g/mol. The van der Waals surface area contributed by atoms with Crippen molar-refractivity contribution in [1.82, 2.24) is 9.97 Å². The van der Waals surface area contributed by atoms with Crippen molar-refractivity contribution in [3.63, 3.8) is 0 Å². The summed E-state index contributed by atoms with van der Waals surface area (Å²) in [5, 5.41) is -0.500. The Morgan fingerprint density at radius 2 is 1.70 bits per heavy atom. The minimum Gasteiger partial charge on any atom is -0.491 e. The fraction of sp³-hybridized carbons (Fsp3) is 0.231. The van der Waals surface area contributed by atoms with E-state index < -0.39 is 25.0 Å². The maximum absolute atomic E-state index is 12.4. The zero-order valence-corrected chi connectivity index (χ0v) is 14.3. The molecular weight excluding hydrogens is 342 g/mol. The molecule has 23 heavy (non-hydrogen) atoms. The van der Waals surface area contributed by atoms with E-state index in [0.29, 0.717) is 0 Å². The molecule has 0 radical (unpaired) electrons. The summed E-state index contributed by atoms with van der Waals surface area (Å²) in [6.07, 6.45) is 2.02. The maximum atomic E-state index is 12.4. The fourth-order valence-electron chi connectivity index (χ4n) is 1.66. The number of nitrogens with zero attached hydrogens (tertiary/aromatic N) is 2. The highest BCUT2D eigenvalue weighted by molar-refractivity contribution is 7.92. The lowest BCUT2D eigenvalue weighted by Gasteiger charge is -2.11. The Hall–Kier alpha value is -2.20. The number of rotatable bonds is 5. The van der Waals surface area contributed by atoms with Crippen LogP contribution < -0.4 is 9.46 Å². The molecule has 0 bridgehead atoms. The van der Waals surface area contributed by atoms with Gasteiger partial charge < -0.3 is 4.74 Å². The summed E-state index contributed by atoms with van der Waals surface area (Å²) < 4.78 is 54.9. The van der Waals surface area contributed by atoms with E-state index in [-0.39, 0.29) is 16.5 Å². The second kappa shape index (κ2) is 6.13. The summed E-state index contributed by atoms with van der Waals surface area (Å²) >= 11 is 0. The quantitative estimate of drug-likeness (QED) is 0.794. The zero-order valence-electron chi connectivity index (χ0n) is 12.6. The summed E-state index contributed by atoms with van der Waals surface area (Å²) in [6.45, 7) is 1.83. The third kappa shape index (κ3) is 3.96. The molecule has 0 unspecified atom stereocenters.